The number of carbonyl (C=O) groups is 1. The van der Waals surface area contributed by atoms with Crippen LogP contribution in [0.3, 0.4) is 0 Å². The Hall–Kier alpha value is -2.11. The van der Waals surface area contributed by atoms with Gasteiger partial charge in [-0.05, 0) is 55.2 Å². The van der Waals surface area contributed by atoms with E-state index in [1.165, 1.54) is 36.7 Å². The molecule has 0 unspecified atom stereocenters. The van der Waals surface area contributed by atoms with E-state index in [0.29, 0.717) is 9.23 Å². The van der Waals surface area contributed by atoms with Crippen LogP contribution in [0.15, 0.2) is 59.5 Å². The second-order valence-electron chi connectivity index (χ2n) is 6.49. The minimum absolute atomic E-state index is 0.0497. The van der Waals surface area contributed by atoms with Crippen LogP contribution in [-0.2, 0) is 4.79 Å². The molecule has 1 amide bonds. The SMILES string of the molecule is O=C1/C(=C\c2ccc(N3CCCCC3)cc2)SC(=S)N1c1ccccc1. The lowest BCUT2D eigenvalue weighted by Crippen LogP contribution is -2.29. The molecule has 0 N–H and O–H groups in total. The number of thioether (sulfide) groups is 1. The number of hydrogen-bond acceptors (Lipinski definition) is 4. The van der Waals surface area contributed by atoms with E-state index in [1.807, 2.05) is 36.4 Å². The van der Waals surface area contributed by atoms with Crippen LogP contribution in [0, 0.1) is 0 Å². The normalized spacial score (nSPS) is 19.5. The van der Waals surface area contributed by atoms with Gasteiger partial charge in [-0.3, -0.25) is 9.69 Å². The van der Waals surface area contributed by atoms with Crippen LogP contribution >= 0.6 is 24.0 Å². The summed E-state index contributed by atoms with van der Waals surface area (Å²) in [4.78, 5) is 17.5. The number of rotatable bonds is 3. The first-order valence-electron chi connectivity index (χ1n) is 8.90. The average Bonchev–Trinajstić information content (AvgIpc) is 2.97. The van der Waals surface area contributed by atoms with Gasteiger partial charge in [0.05, 0.1) is 10.6 Å². The minimum Gasteiger partial charge on any atom is -0.372 e. The fourth-order valence-electron chi connectivity index (χ4n) is 3.35. The van der Waals surface area contributed by atoms with E-state index in [9.17, 15) is 4.79 Å². The fraction of sp³-hybridized carbons (Fsp3) is 0.238. The number of amides is 1. The highest BCUT2D eigenvalue weighted by molar-refractivity contribution is 8.27. The molecule has 2 saturated heterocycles. The maximum atomic E-state index is 12.8. The second-order valence-corrected chi connectivity index (χ2v) is 8.17. The molecule has 0 atom stereocenters. The van der Waals surface area contributed by atoms with Gasteiger partial charge in [-0.15, -0.1) is 0 Å². The minimum atomic E-state index is -0.0497. The first kappa shape index (κ1) is 17.3. The Morgan fingerprint density at radius 3 is 2.27 bits per heavy atom. The van der Waals surface area contributed by atoms with Crippen LogP contribution < -0.4 is 9.80 Å². The lowest BCUT2D eigenvalue weighted by molar-refractivity contribution is -0.113. The number of anilines is 2. The van der Waals surface area contributed by atoms with Gasteiger partial charge in [-0.25, -0.2) is 0 Å². The van der Waals surface area contributed by atoms with Crippen LogP contribution in [0.25, 0.3) is 6.08 Å². The highest BCUT2D eigenvalue weighted by Crippen LogP contribution is 2.36. The molecule has 132 valence electrons. The van der Waals surface area contributed by atoms with E-state index in [1.54, 1.807) is 4.90 Å². The van der Waals surface area contributed by atoms with Gasteiger partial charge >= 0.3 is 0 Å². The standard InChI is InChI=1S/C21H20N2OS2/c24-20-19(26-21(25)23(20)18-7-3-1-4-8-18)15-16-9-11-17(12-10-16)22-13-5-2-6-14-22/h1,3-4,7-12,15H,2,5-6,13-14H2/b19-15+. The summed E-state index contributed by atoms with van der Waals surface area (Å²) in [5, 5.41) is 0. The fourth-order valence-corrected chi connectivity index (χ4v) is 4.65. The highest BCUT2D eigenvalue weighted by Gasteiger charge is 2.33. The van der Waals surface area contributed by atoms with E-state index in [2.05, 4.69) is 29.2 Å². The van der Waals surface area contributed by atoms with Crippen molar-refractivity contribution in [2.45, 2.75) is 19.3 Å². The molecule has 2 aliphatic rings. The first-order chi connectivity index (χ1) is 12.7. The van der Waals surface area contributed by atoms with Crippen molar-refractivity contribution in [3.63, 3.8) is 0 Å². The average molecular weight is 381 g/mol. The number of carbonyl (C=O) groups excluding carboxylic acids is 1. The van der Waals surface area contributed by atoms with Crippen LogP contribution in [0.2, 0.25) is 0 Å². The molecule has 2 heterocycles. The highest BCUT2D eigenvalue weighted by atomic mass is 32.2. The second kappa shape index (κ2) is 7.64. The molecule has 2 aromatic carbocycles. The summed E-state index contributed by atoms with van der Waals surface area (Å²) >= 11 is 6.78. The zero-order valence-corrected chi connectivity index (χ0v) is 16.1. The Bertz CT molecular complexity index is 840. The molecule has 4 rings (SSSR count). The Labute approximate surface area is 163 Å². The van der Waals surface area contributed by atoms with E-state index in [4.69, 9.17) is 12.2 Å². The number of nitrogens with zero attached hydrogens (tertiary/aromatic N) is 2. The maximum absolute atomic E-state index is 12.8. The van der Waals surface area contributed by atoms with Crippen LogP contribution in [0.1, 0.15) is 24.8 Å². The monoisotopic (exact) mass is 380 g/mol. The molecule has 0 bridgehead atoms. The number of para-hydroxylation sites is 1. The Morgan fingerprint density at radius 1 is 0.885 bits per heavy atom. The van der Waals surface area contributed by atoms with Crippen molar-refractivity contribution in [2.24, 2.45) is 0 Å². The van der Waals surface area contributed by atoms with Gasteiger partial charge in [0.25, 0.3) is 5.91 Å². The molecule has 0 radical (unpaired) electrons. The molecule has 0 aliphatic carbocycles. The molecule has 2 fully saturated rings. The van der Waals surface area contributed by atoms with Gasteiger partial charge in [0.15, 0.2) is 4.32 Å². The summed E-state index contributed by atoms with van der Waals surface area (Å²) in [7, 11) is 0. The predicted octanol–water partition coefficient (Wildman–Crippen LogP) is 5.08. The van der Waals surface area contributed by atoms with Crippen molar-refractivity contribution in [3.05, 3.63) is 65.1 Å². The van der Waals surface area contributed by atoms with E-state index in [-0.39, 0.29) is 5.91 Å². The van der Waals surface area contributed by atoms with Crippen molar-refractivity contribution in [1.29, 1.82) is 0 Å². The van der Waals surface area contributed by atoms with Crippen molar-refractivity contribution >= 4 is 51.7 Å². The van der Waals surface area contributed by atoms with Crippen molar-refractivity contribution < 1.29 is 4.79 Å². The third kappa shape index (κ3) is 3.55. The summed E-state index contributed by atoms with van der Waals surface area (Å²) in [6, 6.07) is 18.0. The van der Waals surface area contributed by atoms with Crippen molar-refractivity contribution in [3.8, 4) is 0 Å². The predicted molar refractivity (Wildman–Crippen MR) is 115 cm³/mol. The van der Waals surface area contributed by atoms with Crippen LogP contribution in [0.5, 0.6) is 0 Å². The first-order valence-corrected chi connectivity index (χ1v) is 10.1. The molecule has 2 aliphatic heterocycles. The summed E-state index contributed by atoms with van der Waals surface area (Å²) in [5.41, 5.74) is 3.11. The maximum Gasteiger partial charge on any atom is 0.270 e. The summed E-state index contributed by atoms with van der Waals surface area (Å²) < 4.78 is 0.581. The van der Waals surface area contributed by atoms with Crippen LogP contribution in [-0.4, -0.2) is 23.3 Å². The summed E-state index contributed by atoms with van der Waals surface area (Å²) in [6.07, 6.45) is 5.80. The molecular weight excluding hydrogens is 360 g/mol. The molecule has 0 spiro atoms. The number of hydrogen-bond donors (Lipinski definition) is 0. The molecule has 0 saturated carbocycles. The van der Waals surface area contributed by atoms with E-state index >= 15 is 0 Å². The molecule has 5 heteroatoms. The molecular formula is C21H20N2OS2. The third-order valence-corrected chi connectivity index (χ3v) is 6.02. The Kier molecular flexibility index (Phi) is 5.09. The summed E-state index contributed by atoms with van der Waals surface area (Å²) in [5.74, 6) is -0.0497. The third-order valence-electron chi connectivity index (χ3n) is 4.72. The van der Waals surface area contributed by atoms with E-state index < -0.39 is 0 Å². The van der Waals surface area contributed by atoms with Gasteiger partial charge in [0.1, 0.15) is 0 Å². The van der Waals surface area contributed by atoms with Gasteiger partial charge in [-0.1, -0.05) is 54.3 Å². The molecule has 0 aromatic heterocycles. The van der Waals surface area contributed by atoms with E-state index in [0.717, 1.165) is 24.3 Å². The zero-order valence-electron chi connectivity index (χ0n) is 14.4. The van der Waals surface area contributed by atoms with Gasteiger partial charge in [-0.2, -0.15) is 0 Å². The zero-order chi connectivity index (χ0) is 17.9. The van der Waals surface area contributed by atoms with Gasteiger partial charge < -0.3 is 4.90 Å². The molecule has 2 aromatic rings. The largest absolute Gasteiger partial charge is 0.372 e. The number of piperidine rings is 1. The van der Waals surface area contributed by atoms with Gasteiger partial charge in [0, 0.05) is 18.8 Å². The summed E-state index contributed by atoms with van der Waals surface area (Å²) in [6.45, 7) is 2.27. The smallest absolute Gasteiger partial charge is 0.270 e. The van der Waals surface area contributed by atoms with Crippen molar-refractivity contribution in [2.75, 3.05) is 22.9 Å². The quantitative estimate of drug-likeness (QED) is 0.547. The number of benzene rings is 2. The lowest BCUT2D eigenvalue weighted by atomic mass is 10.1. The molecule has 3 nitrogen and oxygen atoms in total. The number of thiocarbonyl (C=S) groups is 1. The van der Waals surface area contributed by atoms with Crippen LogP contribution in [0.4, 0.5) is 11.4 Å². The Balaban J connectivity index is 1.53. The Morgan fingerprint density at radius 2 is 1.58 bits per heavy atom. The lowest BCUT2D eigenvalue weighted by Gasteiger charge is -2.28. The van der Waals surface area contributed by atoms with Crippen molar-refractivity contribution in [1.82, 2.24) is 0 Å². The topological polar surface area (TPSA) is 23.6 Å². The molecule has 26 heavy (non-hydrogen) atoms. The van der Waals surface area contributed by atoms with Gasteiger partial charge in [0.2, 0.25) is 0 Å².